The van der Waals surface area contributed by atoms with Crippen LogP contribution in [-0.4, -0.2) is 0 Å². The van der Waals surface area contributed by atoms with Gasteiger partial charge in [0.05, 0.1) is 5.02 Å². The average molecular weight is 407 g/mol. The second-order valence-electron chi connectivity index (χ2n) is 6.02. The fourth-order valence-electron chi connectivity index (χ4n) is 2.64. The monoisotopic (exact) mass is 405 g/mol. The van der Waals surface area contributed by atoms with Gasteiger partial charge in [-0.15, -0.1) is 0 Å². The molecule has 0 spiro atoms. The molecule has 0 amide bonds. The van der Waals surface area contributed by atoms with Gasteiger partial charge in [-0.05, 0) is 54.4 Å². The minimum Gasteiger partial charge on any atom is -0.487 e. The van der Waals surface area contributed by atoms with Crippen molar-refractivity contribution in [1.29, 1.82) is 0 Å². The molecule has 0 heterocycles. The molecule has 0 fully saturated rings. The number of nitrogens with one attached hydrogen (secondary N) is 1. The van der Waals surface area contributed by atoms with Crippen LogP contribution in [0.2, 0.25) is 15.1 Å². The summed E-state index contributed by atoms with van der Waals surface area (Å²) in [5, 5.41) is 5.12. The fourth-order valence-corrected chi connectivity index (χ4v) is 3.44. The molecule has 2 nitrogen and oxygen atoms in total. The Morgan fingerprint density at radius 2 is 1.69 bits per heavy atom. The number of anilines is 1. The molecule has 26 heavy (non-hydrogen) atoms. The molecule has 134 valence electrons. The molecule has 0 bridgehead atoms. The van der Waals surface area contributed by atoms with Crippen molar-refractivity contribution in [1.82, 2.24) is 0 Å². The highest BCUT2D eigenvalue weighted by molar-refractivity contribution is 6.35. The molecular weight excluding hydrogens is 389 g/mol. The summed E-state index contributed by atoms with van der Waals surface area (Å²) < 4.78 is 5.99. The molecule has 0 atom stereocenters. The highest BCUT2D eigenvalue weighted by Crippen LogP contribution is 2.33. The van der Waals surface area contributed by atoms with Crippen LogP contribution < -0.4 is 10.1 Å². The van der Waals surface area contributed by atoms with Gasteiger partial charge in [0, 0.05) is 27.8 Å². The molecule has 1 N–H and O–H groups in total. The van der Waals surface area contributed by atoms with Gasteiger partial charge in [0.25, 0.3) is 0 Å². The van der Waals surface area contributed by atoms with E-state index in [1.807, 2.05) is 42.5 Å². The predicted octanol–water partition coefficient (Wildman–Crippen LogP) is 7.15. The first-order chi connectivity index (χ1) is 12.5. The molecule has 0 aliphatic carbocycles. The number of benzene rings is 3. The van der Waals surface area contributed by atoms with E-state index in [0.29, 0.717) is 34.0 Å². The Morgan fingerprint density at radius 3 is 2.46 bits per heavy atom. The van der Waals surface area contributed by atoms with E-state index >= 15 is 0 Å². The second kappa shape index (κ2) is 8.68. The standard InChI is InChI=1S/C21H18Cl3NO/c1-14-4-2-7-19(8-14)25-12-16-10-18(23)11-20(24)21(16)26-13-15-5-3-6-17(22)9-15/h2-11,25H,12-13H2,1H3. The van der Waals surface area contributed by atoms with Gasteiger partial charge in [-0.25, -0.2) is 0 Å². The van der Waals surface area contributed by atoms with Crippen molar-refractivity contribution < 1.29 is 4.74 Å². The van der Waals surface area contributed by atoms with Crippen LogP contribution in [-0.2, 0) is 13.2 Å². The Balaban J connectivity index is 1.78. The van der Waals surface area contributed by atoms with Gasteiger partial charge >= 0.3 is 0 Å². The Morgan fingerprint density at radius 1 is 0.885 bits per heavy atom. The van der Waals surface area contributed by atoms with Crippen molar-refractivity contribution in [3.63, 3.8) is 0 Å². The van der Waals surface area contributed by atoms with Crippen LogP contribution in [0.4, 0.5) is 5.69 Å². The van der Waals surface area contributed by atoms with E-state index in [0.717, 1.165) is 16.8 Å². The Hall–Kier alpha value is -1.87. The number of halogens is 3. The average Bonchev–Trinajstić information content (AvgIpc) is 2.59. The number of hydrogen-bond acceptors (Lipinski definition) is 2. The van der Waals surface area contributed by atoms with Gasteiger partial charge in [0.15, 0.2) is 0 Å². The summed E-state index contributed by atoms with van der Waals surface area (Å²) in [7, 11) is 0. The summed E-state index contributed by atoms with van der Waals surface area (Å²) in [6, 6.07) is 19.3. The van der Waals surface area contributed by atoms with Gasteiger partial charge in [0.2, 0.25) is 0 Å². The largest absolute Gasteiger partial charge is 0.487 e. The zero-order valence-corrected chi connectivity index (χ0v) is 16.5. The Labute approximate surface area is 168 Å². The zero-order chi connectivity index (χ0) is 18.5. The molecule has 5 heteroatoms. The molecule has 3 rings (SSSR count). The summed E-state index contributed by atoms with van der Waals surface area (Å²) in [5.41, 5.74) is 4.09. The van der Waals surface area contributed by atoms with Crippen molar-refractivity contribution in [3.8, 4) is 5.75 Å². The molecule has 0 aromatic heterocycles. The number of rotatable bonds is 6. The molecule has 3 aromatic carbocycles. The third-order valence-electron chi connectivity index (χ3n) is 3.86. The van der Waals surface area contributed by atoms with Crippen LogP contribution in [0.1, 0.15) is 16.7 Å². The second-order valence-corrected chi connectivity index (χ2v) is 7.30. The lowest BCUT2D eigenvalue weighted by Crippen LogP contribution is -2.04. The van der Waals surface area contributed by atoms with Crippen LogP contribution in [0.5, 0.6) is 5.75 Å². The van der Waals surface area contributed by atoms with Crippen molar-refractivity contribution >= 4 is 40.5 Å². The third-order valence-corrected chi connectivity index (χ3v) is 4.59. The predicted molar refractivity (Wildman–Crippen MR) is 111 cm³/mol. The quantitative estimate of drug-likeness (QED) is 0.469. The zero-order valence-electron chi connectivity index (χ0n) is 14.2. The van der Waals surface area contributed by atoms with Crippen LogP contribution in [0.15, 0.2) is 60.7 Å². The summed E-state index contributed by atoms with van der Waals surface area (Å²) in [6.45, 7) is 2.98. The minimum absolute atomic E-state index is 0.374. The van der Waals surface area contributed by atoms with Crippen LogP contribution in [0.25, 0.3) is 0 Å². The van der Waals surface area contributed by atoms with Gasteiger partial charge in [-0.1, -0.05) is 59.1 Å². The minimum atomic E-state index is 0.374. The van der Waals surface area contributed by atoms with E-state index in [9.17, 15) is 0 Å². The first-order valence-electron chi connectivity index (χ1n) is 8.17. The van der Waals surface area contributed by atoms with E-state index in [1.165, 1.54) is 5.56 Å². The summed E-state index contributed by atoms with van der Waals surface area (Å²) in [4.78, 5) is 0. The van der Waals surface area contributed by atoms with Gasteiger partial charge < -0.3 is 10.1 Å². The first-order valence-corrected chi connectivity index (χ1v) is 9.30. The molecular formula is C21H18Cl3NO. The maximum atomic E-state index is 6.38. The van der Waals surface area contributed by atoms with Crippen molar-refractivity contribution in [2.75, 3.05) is 5.32 Å². The lowest BCUT2D eigenvalue weighted by molar-refractivity contribution is 0.303. The van der Waals surface area contributed by atoms with Crippen molar-refractivity contribution in [2.24, 2.45) is 0 Å². The fraction of sp³-hybridized carbons (Fsp3) is 0.143. The van der Waals surface area contributed by atoms with Crippen molar-refractivity contribution in [2.45, 2.75) is 20.1 Å². The maximum Gasteiger partial charge on any atom is 0.143 e. The highest BCUT2D eigenvalue weighted by atomic mass is 35.5. The Kier molecular flexibility index (Phi) is 6.31. The lowest BCUT2D eigenvalue weighted by Gasteiger charge is -2.15. The molecule has 0 unspecified atom stereocenters. The Bertz CT molecular complexity index is 912. The number of hydrogen-bond donors (Lipinski definition) is 1. The summed E-state index contributed by atoms with van der Waals surface area (Å²) in [5.74, 6) is 0.621. The highest BCUT2D eigenvalue weighted by Gasteiger charge is 2.11. The number of ether oxygens (including phenoxy) is 1. The maximum absolute atomic E-state index is 6.38. The normalized spacial score (nSPS) is 10.6. The molecule has 0 aliphatic rings. The van der Waals surface area contributed by atoms with Gasteiger partial charge in [-0.3, -0.25) is 0 Å². The summed E-state index contributed by atoms with van der Waals surface area (Å²) >= 11 is 18.6. The lowest BCUT2D eigenvalue weighted by atomic mass is 10.1. The topological polar surface area (TPSA) is 21.3 Å². The van der Waals surface area contributed by atoms with Crippen LogP contribution in [0, 0.1) is 6.92 Å². The first kappa shape index (κ1) is 18.9. The van der Waals surface area contributed by atoms with E-state index in [-0.39, 0.29) is 0 Å². The van der Waals surface area contributed by atoms with Gasteiger partial charge in [0.1, 0.15) is 12.4 Å². The smallest absolute Gasteiger partial charge is 0.143 e. The van der Waals surface area contributed by atoms with Crippen LogP contribution in [0.3, 0.4) is 0 Å². The summed E-state index contributed by atoms with van der Waals surface area (Å²) in [6.07, 6.45) is 0. The third kappa shape index (κ3) is 5.07. The molecule has 0 radical (unpaired) electrons. The SMILES string of the molecule is Cc1cccc(NCc2cc(Cl)cc(Cl)c2OCc2cccc(Cl)c2)c1. The molecule has 0 saturated carbocycles. The molecule has 0 saturated heterocycles. The van der Waals surface area contributed by atoms with Gasteiger partial charge in [-0.2, -0.15) is 0 Å². The number of aryl methyl sites for hydroxylation is 1. The van der Waals surface area contributed by atoms with E-state index in [4.69, 9.17) is 39.5 Å². The van der Waals surface area contributed by atoms with E-state index in [2.05, 4.69) is 24.4 Å². The molecule has 3 aromatic rings. The van der Waals surface area contributed by atoms with Crippen molar-refractivity contribution in [3.05, 3.63) is 92.4 Å². The van der Waals surface area contributed by atoms with E-state index in [1.54, 1.807) is 6.07 Å². The molecule has 0 aliphatic heterocycles. The van der Waals surface area contributed by atoms with E-state index < -0.39 is 0 Å². The van der Waals surface area contributed by atoms with Crippen LogP contribution >= 0.6 is 34.8 Å².